The van der Waals surface area contributed by atoms with Crippen molar-refractivity contribution in [2.45, 2.75) is 67.9 Å². The number of methoxy groups -OCH3 is 1. The van der Waals surface area contributed by atoms with Gasteiger partial charge in [-0.3, -0.25) is 9.69 Å². The van der Waals surface area contributed by atoms with Crippen LogP contribution in [0.25, 0.3) is 0 Å². The van der Waals surface area contributed by atoms with Crippen LogP contribution in [0.15, 0.2) is 34.0 Å². The molecule has 2 aliphatic carbocycles. The number of likely N-dealkylation sites (tertiary alicyclic amines) is 1. The Kier molecular flexibility index (Phi) is 5.50. The molecule has 3 aliphatic rings. The van der Waals surface area contributed by atoms with Crippen molar-refractivity contribution in [2.24, 2.45) is 5.92 Å². The van der Waals surface area contributed by atoms with Crippen molar-refractivity contribution in [3.8, 4) is 5.75 Å². The highest BCUT2D eigenvalue weighted by atomic mass is 32.2. The summed E-state index contributed by atoms with van der Waals surface area (Å²) in [5.41, 5.74) is 1.16. The Labute approximate surface area is 201 Å². The lowest BCUT2D eigenvalue weighted by Gasteiger charge is -2.60. The number of aromatic amines is 1. The molecule has 1 aromatic carbocycles. The first-order chi connectivity index (χ1) is 16.0. The molecule has 3 unspecified atom stereocenters. The molecular formula is C26H34N2O5S. The van der Waals surface area contributed by atoms with E-state index in [1.54, 1.807) is 7.11 Å². The van der Waals surface area contributed by atoms with Gasteiger partial charge in [-0.15, -0.1) is 0 Å². The van der Waals surface area contributed by atoms with E-state index in [2.05, 4.69) is 23.7 Å². The van der Waals surface area contributed by atoms with Crippen LogP contribution < -0.4 is 10.3 Å². The van der Waals surface area contributed by atoms with Gasteiger partial charge in [0, 0.05) is 42.8 Å². The molecule has 0 bridgehead atoms. The number of aromatic nitrogens is 1. The van der Waals surface area contributed by atoms with Gasteiger partial charge in [-0.25, -0.2) is 8.42 Å². The van der Waals surface area contributed by atoms with Crippen molar-refractivity contribution in [3.63, 3.8) is 0 Å². The number of sulfone groups is 1. The molecule has 1 saturated carbocycles. The molecule has 7 nitrogen and oxygen atoms in total. The molecule has 1 aromatic heterocycles. The number of nitrogens with zero attached hydrogens (tertiary/aromatic N) is 1. The maximum absolute atomic E-state index is 12.7. The van der Waals surface area contributed by atoms with E-state index in [0.29, 0.717) is 23.6 Å². The number of fused-ring (bicyclic) bond motifs is 2. The number of rotatable bonds is 5. The average Bonchev–Trinajstić information content (AvgIpc) is 3.59. The summed E-state index contributed by atoms with van der Waals surface area (Å²) in [4.78, 5) is 17.7. The highest BCUT2D eigenvalue weighted by Crippen LogP contribution is 2.54. The van der Waals surface area contributed by atoms with Crippen LogP contribution in [0.2, 0.25) is 0 Å². The fraction of sp³-hybridized carbons (Fsp3) is 0.577. The van der Waals surface area contributed by atoms with E-state index >= 15 is 0 Å². The van der Waals surface area contributed by atoms with Crippen molar-refractivity contribution < 1.29 is 18.3 Å². The Morgan fingerprint density at radius 1 is 1.24 bits per heavy atom. The first-order valence-electron chi connectivity index (χ1n) is 12.1. The molecule has 1 aliphatic heterocycles. The highest BCUT2D eigenvalue weighted by Gasteiger charge is 2.61. The van der Waals surface area contributed by atoms with Gasteiger partial charge >= 0.3 is 0 Å². The van der Waals surface area contributed by atoms with E-state index in [1.807, 2.05) is 18.2 Å². The van der Waals surface area contributed by atoms with Crippen LogP contribution in [0, 0.1) is 12.8 Å². The van der Waals surface area contributed by atoms with Gasteiger partial charge in [-0.05, 0) is 80.5 Å². The topological polar surface area (TPSA) is 99.7 Å². The van der Waals surface area contributed by atoms with Crippen LogP contribution in [0.1, 0.15) is 48.6 Å². The summed E-state index contributed by atoms with van der Waals surface area (Å²) in [6.07, 6.45) is 4.98. The number of aliphatic hydroxyl groups is 1. The summed E-state index contributed by atoms with van der Waals surface area (Å²) in [5.74, 6) is 1.43. The molecule has 2 heterocycles. The summed E-state index contributed by atoms with van der Waals surface area (Å²) in [6.45, 7) is 5.98. The molecule has 2 N–H and O–H groups in total. The maximum Gasteiger partial charge on any atom is 0.266 e. The zero-order chi connectivity index (χ0) is 24.5. The minimum Gasteiger partial charge on any atom is -0.497 e. The molecule has 184 valence electrons. The lowest BCUT2D eigenvalue weighted by molar-refractivity contribution is -0.139. The minimum absolute atomic E-state index is 0.130. The van der Waals surface area contributed by atoms with Gasteiger partial charge in [0.15, 0.2) is 9.84 Å². The summed E-state index contributed by atoms with van der Waals surface area (Å²) < 4.78 is 30.0. The minimum atomic E-state index is -3.68. The molecule has 0 radical (unpaired) electrons. The second kappa shape index (κ2) is 7.93. The van der Waals surface area contributed by atoms with E-state index in [1.165, 1.54) is 18.9 Å². The normalized spacial score (nSPS) is 29.4. The lowest BCUT2D eigenvalue weighted by Crippen LogP contribution is -2.71. The molecule has 5 rings (SSSR count). The molecule has 0 amide bonds. The van der Waals surface area contributed by atoms with Gasteiger partial charge in [0.05, 0.1) is 12.7 Å². The fourth-order valence-electron chi connectivity index (χ4n) is 6.37. The Balaban J connectivity index is 1.70. The zero-order valence-electron chi connectivity index (χ0n) is 20.3. The maximum atomic E-state index is 12.7. The number of ether oxygens (including phenoxy) is 1. The lowest BCUT2D eigenvalue weighted by atomic mass is 9.53. The Hall–Kier alpha value is -2.16. The van der Waals surface area contributed by atoms with Crippen molar-refractivity contribution >= 4 is 9.84 Å². The number of pyridine rings is 1. The number of nitrogens with one attached hydrogen (secondary N) is 1. The largest absolute Gasteiger partial charge is 0.497 e. The summed E-state index contributed by atoms with van der Waals surface area (Å²) in [5, 5.41) is 12.6. The third-order valence-electron chi connectivity index (χ3n) is 8.56. The second-order valence-corrected chi connectivity index (χ2v) is 12.6. The quantitative estimate of drug-likeness (QED) is 0.673. The van der Waals surface area contributed by atoms with Gasteiger partial charge in [-0.1, -0.05) is 6.07 Å². The van der Waals surface area contributed by atoms with Gasteiger partial charge < -0.3 is 14.8 Å². The Bertz CT molecular complexity index is 1300. The molecule has 34 heavy (non-hydrogen) atoms. The van der Waals surface area contributed by atoms with Gasteiger partial charge in [0.1, 0.15) is 10.6 Å². The van der Waals surface area contributed by atoms with Crippen LogP contribution in [-0.2, 0) is 28.1 Å². The molecule has 2 fully saturated rings. The average molecular weight is 487 g/mol. The molecule has 0 spiro atoms. The van der Waals surface area contributed by atoms with E-state index in [9.17, 15) is 18.3 Å². The van der Waals surface area contributed by atoms with E-state index in [4.69, 9.17) is 4.74 Å². The van der Waals surface area contributed by atoms with Crippen LogP contribution in [-0.4, -0.2) is 61.5 Å². The van der Waals surface area contributed by atoms with Crippen LogP contribution >= 0.6 is 0 Å². The predicted octanol–water partition coefficient (Wildman–Crippen LogP) is 2.37. The van der Waals surface area contributed by atoms with Crippen LogP contribution in [0.3, 0.4) is 0 Å². The second-order valence-electron chi connectivity index (χ2n) is 10.6. The number of hydrogen-bond donors (Lipinski definition) is 2. The number of H-pyrrole nitrogens is 1. The molecule has 8 heteroatoms. The van der Waals surface area contributed by atoms with Gasteiger partial charge in [0.2, 0.25) is 0 Å². The SMILES string of the molecule is COc1ccc(C)c(C23CCN(CC4CC4)C(C)C2(O)Cc2cc(S(C)(=O)=O)c(=O)[nH]c2C3)c1. The van der Waals surface area contributed by atoms with Crippen molar-refractivity contribution in [3.05, 3.63) is 57.0 Å². The standard InChI is InChI=1S/C26H34N2O5S/c1-16-5-8-20(33-3)12-21(16)25-9-10-28(15-18-6-7-18)17(2)26(25,30)13-19-11-23(34(4,31)32)24(29)27-22(19)14-25/h5,8,11-12,17-18,30H,6-7,9-10,13-15H2,1-4H3,(H,27,29). The monoisotopic (exact) mass is 486 g/mol. The first-order valence-corrected chi connectivity index (χ1v) is 13.9. The summed E-state index contributed by atoms with van der Waals surface area (Å²) >= 11 is 0. The highest BCUT2D eigenvalue weighted by molar-refractivity contribution is 7.90. The first kappa shape index (κ1) is 23.6. The number of hydrogen-bond acceptors (Lipinski definition) is 6. The van der Waals surface area contributed by atoms with Gasteiger partial charge in [0.25, 0.3) is 5.56 Å². The van der Waals surface area contributed by atoms with Crippen molar-refractivity contribution in [1.82, 2.24) is 9.88 Å². The van der Waals surface area contributed by atoms with Gasteiger partial charge in [-0.2, -0.15) is 0 Å². The third-order valence-corrected chi connectivity index (χ3v) is 9.66. The van der Waals surface area contributed by atoms with E-state index in [-0.39, 0.29) is 17.4 Å². The summed E-state index contributed by atoms with van der Waals surface area (Å²) in [6, 6.07) is 7.33. The van der Waals surface area contributed by atoms with Crippen molar-refractivity contribution in [2.75, 3.05) is 26.5 Å². The van der Waals surface area contributed by atoms with Crippen LogP contribution in [0.4, 0.5) is 0 Å². The van der Waals surface area contributed by atoms with E-state index < -0.39 is 26.4 Å². The number of piperidine rings is 1. The Morgan fingerprint density at radius 3 is 2.62 bits per heavy atom. The molecule has 2 aromatic rings. The third kappa shape index (κ3) is 3.62. The molecule has 3 atom stereocenters. The Morgan fingerprint density at radius 2 is 1.97 bits per heavy atom. The van der Waals surface area contributed by atoms with E-state index in [0.717, 1.165) is 42.6 Å². The molecule has 1 saturated heterocycles. The van der Waals surface area contributed by atoms with Crippen LogP contribution in [0.5, 0.6) is 5.75 Å². The molecular weight excluding hydrogens is 452 g/mol. The fourth-order valence-corrected chi connectivity index (χ4v) is 7.11. The zero-order valence-corrected chi connectivity index (χ0v) is 21.2. The number of benzene rings is 1. The smallest absolute Gasteiger partial charge is 0.266 e. The summed E-state index contributed by atoms with van der Waals surface area (Å²) in [7, 11) is -2.05. The van der Waals surface area contributed by atoms with Crippen molar-refractivity contribution in [1.29, 1.82) is 0 Å². The number of aryl methyl sites for hydroxylation is 1. The predicted molar refractivity (Wildman–Crippen MR) is 130 cm³/mol.